The second kappa shape index (κ2) is 8.73. The number of nitrogens with zero attached hydrogens (tertiary/aromatic N) is 1. The van der Waals surface area contributed by atoms with Crippen molar-refractivity contribution in [3.05, 3.63) is 76.8 Å². The Hall–Kier alpha value is -2.44. The minimum absolute atomic E-state index is 0.269. The maximum Gasteiger partial charge on any atom is 0.491 e. The summed E-state index contributed by atoms with van der Waals surface area (Å²) in [6.07, 6.45) is 3.26. The highest BCUT2D eigenvalue weighted by atomic mass is 19.1. The number of ether oxygens (including phenoxy) is 1. The first-order valence-electron chi connectivity index (χ1n) is 11.6. The van der Waals surface area contributed by atoms with E-state index in [1.165, 1.54) is 17.7 Å². The van der Waals surface area contributed by atoms with Gasteiger partial charge in [-0.05, 0) is 75.7 Å². The van der Waals surface area contributed by atoms with Crippen LogP contribution in [0.3, 0.4) is 0 Å². The van der Waals surface area contributed by atoms with Crippen molar-refractivity contribution < 1.29 is 18.4 Å². The Morgan fingerprint density at radius 2 is 1.79 bits per heavy atom. The summed E-state index contributed by atoms with van der Waals surface area (Å²) in [6.45, 7) is 17.1. The Morgan fingerprint density at radius 3 is 2.45 bits per heavy atom. The van der Waals surface area contributed by atoms with Gasteiger partial charge >= 0.3 is 7.12 Å². The number of hydrogen-bond acceptors (Lipinski definition) is 4. The summed E-state index contributed by atoms with van der Waals surface area (Å²) in [7, 11) is -0.547. The molecule has 4 nitrogen and oxygen atoms in total. The smallest absolute Gasteiger partial charge is 0.487 e. The minimum Gasteiger partial charge on any atom is -0.487 e. The van der Waals surface area contributed by atoms with Crippen LogP contribution in [0.5, 0.6) is 5.75 Å². The van der Waals surface area contributed by atoms with E-state index in [1.807, 2.05) is 12.1 Å². The zero-order valence-corrected chi connectivity index (χ0v) is 20.5. The van der Waals surface area contributed by atoms with E-state index < -0.39 is 18.3 Å². The van der Waals surface area contributed by atoms with Gasteiger partial charge in [0.25, 0.3) is 0 Å². The topological polar surface area (TPSA) is 40.6 Å². The van der Waals surface area contributed by atoms with Crippen molar-refractivity contribution in [3.63, 3.8) is 0 Å². The highest BCUT2D eigenvalue weighted by molar-refractivity contribution is 6.56. The van der Waals surface area contributed by atoms with Crippen molar-refractivity contribution in [1.29, 1.82) is 0 Å². The molecule has 6 heteroatoms. The number of benzene rings is 1. The first-order valence-corrected chi connectivity index (χ1v) is 11.6. The van der Waals surface area contributed by atoms with Crippen LogP contribution >= 0.6 is 0 Å². The molecule has 0 N–H and O–H groups in total. The lowest BCUT2D eigenvalue weighted by molar-refractivity contribution is 0.00578. The molecule has 0 saturated carbocycles. The third kappa shape index (κ3) is 4.51. The molecule has 1 saturated heterocycles. The number of allylic oxidation sites excluding steroid dienone is 2. The fourth-order valence-corrected chi connectivity index (χ4v) is 4.17. The predicted molar refractivity (Wildman–Crippen MR) is 130 cm³/mol. The van der Waals surface area contributed by atoms with Gasteiger partial charge < -0.3 is 14.0 Å². The summed E-state index contributed by atoms with van der Waals surface area (Å²) >= 11 is 0. The van der Waals surface area contributed by atoms with Crippen LogP contribution in [0.25, 0.3) is 5.57 Å². The van der Waals surface area contributed by atoms with Crippen LogP contribution in [0, 0.1) is 11.7 Å². The predicted octanol–water partition coefficient (Wildman–Crippen LogP) is 6.54. The fourth-order valence-electron chi connectivity index (χ4n) is 4.17. The molecule has 2 aliphatic heterocycles. The van der Waals surface area contributed by atoms with Gasteiger partial charge in [-0.2, -0.15) is 0 Å². The van der Waals surface area contributed by atoms with Crippen molar-refractivity contribution in [3.8, 4) is 5.75 Å². The average molecular weight is 449 g/mol. The summed E-state index contributed by atoms with van der Waals surface area (Å²) in [6, 6.07) is 8.66. The Labute approximate surface area is 197 Å². The largest absolute Gasteiger partial charge is 0.491 e. The lowest BCUT2D eigenvalue weighted by atomic mass is 9.69. The molecule has 0 aliphatic carbocycles. The number of aromatic nitrogens is 1. The number of halogens is 1. The zero-order chi connectivity index (χ0) is 24.0. The van der Waals surface area contributed by atoms with Crippen LogP contribution in [-0.2, 0) is 15.9 Å². The summed E-state index contributed by atoms with van der Waals surface area (Å²) < 4.78 is 33.2. The molecule has 0 unspecified atom stereocenters. The summed E-state index contributed by atoms with van der Waals surface area (Å²) in [4.78, 5) is 4.57. The normalized spacial score (nSPS) is 20.1. The molecule has 1 fully saturated rings. The molecule has 4 rings (SSSR count). The van der Waals surface area contributed by atoms with Crippen LogP contribution in [0.15, 0.2) is 54.2 Å². The van der Waals surface area contributed by atoms with E-state index in [1.54, 1.807) is 12.3 Å². The fraction of sp³-hybridized carbons (Fsp3) is 0.444. The highest BCUT2D eigenvalue weighted by Crippen LogP contribution is 2.45. The summed E-state index contributed by atoms with van der Waals surface area (Å²) in [5.74, 6) is 0.541. The molecule has 3 heterocycles. The Bertz CT molecular complexity index is 1090. The number of hydrogen-bond donors (Lipinski definition) is 0. The maximum absolute atomic E-state index is 14.2. The molecule has 2 aliphatic rings. The first kappa shape index (κ1) is 23.7. The quantitative estimate of drug-likeness (QED) is 0.384. The van der Waals surface area contributed by atoms with Crippen molar-refractivity contribution in [1.82, 2.24) is 4.98 Å². The summed E-state index contributed by atoms with van der Waals surface area (Å²) in [5, 5.41) is 0. The highest BCUT2D eigenvalue weighted by Gasteiger charge is 2.53. The number of fused-ring (bicyclic) bond motifs is 2. The molecule has 0 radical (unpaired) electrons. The Morgan fingerprint density at radius 1 is 1.09 bits per heavy atom. The monoisotopic (exact) mass is 449 g/mol. The molecule has 1 aromatic carbocycles. The van der Waals surface area contributed by atoms with Gasteiger partial charge in [0.1, 0.15) is 18.2 Å². The SMILES string of the molecule is C=C(CC/C(B1OC(C)(C)C(C)(C)O1)=C1\c2ccc(F)cc2OCc2ncccc21)C(C)C. The van der Waals surface area contributed by atoms with E-state index in [4.69, 9.17) is 14.0 Å². The summed E-state index contributed by atoms with van der Waals surface area (Å²) in [5.41, 5.74) is 4.74. The van der Waals surface area contributed by atoms with E-state index in [0.29, 0.717) is 18.1 Å². The van der Waals surface area contributed by atoms with Gasteiger partial charge in [-0.25, -0.2) is 4.39 Å². The van der Waals surface area contributed by atoms with Crippen LogP contribution < -0.4 is 4.74 Å². The lowest BCUT2D eigenvalue weighted by Crippen LogP contribution is -2.41. The van der Waals surface area contributed by atoms with Crippen molar-refractivity contribution >= 4 is 12.7 Å². The zero-order valence-electron chi connectivity index (χ0n) is 20.5. The molecule has 1 aromatic heterocycles. The van der Waals surface area contributed by atoms with E-state index >= 15 is 0 Å². The molecule has 0 spiro atoms. The van der Waals surface area contributed by atoms with E-state index in [0.717, 1.165) is 34.3 Å². The van der Waals surface area contributed by atoms with Gasteiger partial charge in [0.2, 0.25) is 0 Å². The first-order chi connectivity index (χ1) is 15.5. The third-order valence-electron chi connectivity index (χ3n) is 7.13. The van der Waals surface area contributed by atoms with E-state index in [2.05, 4.69) is 53.1 Å². The van der Waals surface area contributed by atoms with Crippen molar-refractivity contribution in [2.24, 2.45) is 5.92 Å². The van der Waals surface area contributed by atoms with Gasteiger partial charge in [0.05, 0.1) is 16.9 Å². The minimum atomic E-state index is -0.547. The Balaban J connectivity index is 1.95. The second-order valence-corrected chi connectivity index (χ2v) is 10.2. The molecule has 0 amide bonds. The van der Waals surface area contributed by atoms with Crippen LogP contribution in [0.1, 0.15) is 71.2 Å². The van der Waals surface area contributed by atoms with Gasteiger partial charge in [0, 0.05) is 23.4 Å². The van der Waals surface area contributed by atoms with Crippen molar-refractivity contribution in [2.75, 3.05) is 0 Å². The molecule has 2 aromatic rings. The Kier molecular flexibility index (Phi) is 6.27. The van der Waals surface area contributed by atoms with Gasteiger partial charge in [-0.3, -0.25) is 4.98 Å². The van der Waals surface area contributed by atoms with Crippen LogP contribution in [0.2, 0.25) is 0 Å². The molecule has 33 heavy (non-hydrogen) atoms. The van der Waals surface area contributed by atoms with Crippen LogP contribution in [0.4, 0.5) is 4.39 Å². The number of rotatable bonds is 5. The van der Waals surface area contributed by atoms with Crippen molar-refractivity contribution in [2.45, 2.75) is 72.2 Å². The van der Waals surface area contributed by atoms with Gasteiger partial charge in [0.15, 0.2) is 0 Å². The standard InChI is InChI=1S/C27H33BFNO3/c1-17(2)18(3)10-13-22(28-32-26(4,5)27(6,7)33-28)25-20-9-8-14-30-23(20)16-31-24-15-19(29)11-12-21(24)25/h8-9,11-12,14-15,17H,3,10,13,16H2,1-2,4-7H3/b25-22+. The van der Waals surface area contributed by atoms with Gasteiger partial charge in [-0.1, -0.05) is 32.1 Å². The average Bonchev–Trinajstić information content (AvgIpc) is 2.87. The molecular weight excluding hydrogens is 416 g/mol. The number of pyridine rings is 1. The molecule has 0 atom stereocenters. The van der Waals surface area contributed by atoms with E-state index in [-0.39, 0.29) is 12.4 Å². The maximum atomic E-state index is 14.2. The molecule has 0 bridgehead atoms. The van der Waals surface area contributed by atoms with Crippen LogP contribution in [-0.4, -0.2) is 23.3 Å². The van der Waals surface area contributed by atoms with Gasteiger partial charge in [-0.15, -0.1) is 0 Å². The third-order valence-corrected chi connectivity index (χ3v) is 7.13. The van der Waals surface area contributed by atoms with E-state index in [9.17, 15) is 4.39 Å². The molecule has 174 valence electrons. The molecular formula is C27H33BFNO3. The second-order valence-electron chi connectivity index (χ2n) is 10.2. The lowest BCUT2D eigenvalue weighted by Gasteiger charge is -2.32.